The Morgan fingerprint density at radius 1 is 1.16 bits per heavy atom. The molecule has 0 atom stereocenters. The lowest BCUT2D eigenvalue weighted by atomic mass is 10.0. The largest absolute Gasteiger partial charge is 0.488 e. The zero-order chi connectivity index (χ0) is 21.8. The number of fused-ring (bicyclic) bond motifs is 1. The normalized spacial score (nSPS) is 14.7. The molecule has 0 radical (unpaired) electrons. The van der Waals surface area contributed by atoms with Crippen molar-refractivity contribution >= 4 is 16.7 Å². The zero-order valence-corrected chi connectivity index (χ0v) is 18.4. The van der Waals surface area contributed by atoms with E-state index in [4.69, 9.17) is 4.74 Å². The van der Waals surface area contributed by atoms with Crippen molar-refractivity contribution < 1.29 is 9.53 Å². The number of Topliss-reactive ketones (excluding diaryl/α,β-unsaturated/α-hetero) is 1. The Morgan fingerprint density at radius 2 is 1.90 bits per heavy atom. The molecule has 31 heavy (non-hydrogen) atoms. The SMILES string of the molecule is Cc1c[nH]c2cc(OCc3ccccc3)c(C(=O)C(=CN(C)C)N3CCNCC3)cc12. The summed E-state index contributed by atoms with van der Waals surface area (Å²) in [6, 6.07) is 13.9. The number of carbonyl (C=O) groups is 1. The van der Waals surface area contributed by atoms with Crippen molar-refractivity contribution in [2.75, 3.05) is 40.3 Å². The van der Waals surface area contributed by atoms with Gasteiger partial charge in [0.15, 0.2) is 0 Å². The van der Waals surface area contributed by atoms with E-state index in [1.165, 1.54) is 0 Å². The van der Waals surface area contributed by atoms with Gasteiger partial charge < -0.3 is 24.8 Å². The Morgan fingerprint density at radius 3 is 2.61 bits per heavy atom. The van der Waals surface area contributed by atoms with Crippen LogP contribution in [0.1, 0.15) is 21.5 Å². The topological polar surface area (TPSA) is 60.6 Å². The first-order valence-electron chi connectivity index (χ1n) is 10.7. The van der Waals surface area contributed by atoms with Gasteiger partial charge in [-0.25, -0.2) is 0 Å². The smallest absolute Gasteiger partial charge is 0.214 e. The maximum absolute atomic E-state index is 13.8. The van der Waals surface area contributed by atoms with Gasteiger partial charge in [-0.05, 0) is 24.1 Å². The van der Waals surface area contributed by atoms with Crippen LogP contribution in [0.25, 0.3) is 10.9 Å². The monoisotopic (exact) mass is 418 g/mol. The van der Waals surface area contributed by atoms with E-state index < -0.39 is 0 Å². The fraction of sp³-hybridized carbons (Fsp3) is 0.320. The molecule has 0 unspecified atom stereocenters. The Bertz CT molecular complexity index is 1080. The number of aromatic amines is 1. The van der Waals surface area contributed by atoms with E-state index in [1.807, 2.05) is 80.8 Å². The van der Waals surface area contributed by atoms with Crippen molar-refractivity contribution in [1.82, 2.24) is 20.1 Å². The van der Waals surface area contributed by atoms with Gasteiger partial charge in [0.25, 0.3) is 0 Å². The number of hydrogen-bond acceptors (Lipinski definition) is 5. The van der Waals surface area contributed by atoms with E-state index >= 15 is 0 Å². The van der Waals surface area contributed by atoms with Crippen LogP contribution in [0.2, 0.25) is 0 Å². The number of nitrogens with one attached hydrogen (secondary N) is 2. The summed E-state index contributed by atoms with van der Waals surface area (Å²) in [5.74, 6) is 0.587. The van der Waals surface area contributed by atoms with Gasteiger partial charge in [-0.2, -0.15) is 0 Å². The molecule has 1 fully saturated rings. The Labute approximate surface area is 183 Å². The molecule has 0 spiro atoms. The summed E-state index contributed by atoms with van der Waals surface area (Å²) in [5, 5.41) is 4.40. The molecule has 2 N–H and O–H groups in total. The predicted octanol–water partition coefficient (Wildman–Crippen LogP) is 3.55. The minimum absolute atomic E-state index is 0.0128. The fourth-order valence-electron chi connectivity index (χ4n) is 3.89. The van der Waals surface area contributed by atoms with Crippen molar-refractivity contribution in [3.8, 4) is 5.75 Å². The van der Waals surface area contributed by atoms with Crippen LogP contribution in [0.15, 0.2) is 60.6 Å². The van der Waals surface area contributed by atoms with Crippen molar-refractivity contribution in [2.45, 2.75) is 13.5 Å². The summed E-state index contributed by atoms with van der Waals surface area (Å²) < 4.78 is 6.19. The molecule has 2 aromatic carbocycles. The Kier molecular flexibility index (Phi) is 6.28. The summed E-state index contributed by atoms with van der Waals surface area (Å²) in [5.41, 5.74) is 4.44. The van der Waals surface area contributed by atoms with Gasteiger partial charge in [0.1, 0.15) is 18.1 Å². The minimum Gasteiger partial charge on any atom is -0.488 e. The molecule has 0 saturated carbocycles. The van der Waals surface area contributed by atoms with Crippen LogP contribution in [0.5, 0.6) is 5.75 Å². The number of hydrogen-bond donors (Lipinski definition) is 2. The molecule has 2 heterocycles. The first-order chi connectivity index (χ1) is 15.0. The molecule has 3 aromatic rings. The highest BCUT2D eigenvalue weighted by Gasteiger charge is 2.25. The van der Waals surface area contributed by atoms with Crippen LogP contribution in [0, 0.1) is 6.92 Å². The molecule has 0 amide bonds. The van der Waals surface area contributed by atoms with Crippen molar-refractivity contribution in [2.24, 2.45) is 0 Å². The third-order valence-corrected chi connectivity index (χ3v) is 5.54. The first kappa shape index (κ1) is 21.0. The first-order valence-corrected chi connectivity index (χ1v) is 10.7. The standard InChI is InChI=1S/C25H30N4O2/c1-18-15-27-22-14-24(31-17-19-7-5-4-6-8-19)21(13-20(18)22)25(30)23(16-28(2)3)29-11-9-26-10-12-29/h4-8,13-16,26-27H,9-12,17H2,1-3H3. The number of carbonyl (C=O) groups excluding carboxylic acids is 1. The minimum atomic E-state index is -0.0128. The molecular formula is C25H30N4O2. The van der Waals surface area contributed by atoms with Gasteiger partial charge in [-0.15, -0.1) is 0 Å². The average Bonchev–Trinajstić information content (AvgIpc) is 3.16. The number of benzene rings is 2. The number of piperazine rings is 1. The summed E-state index contributed by atoms with van der Waals surface area (Å²) in [7, 11) is 3.89. The molecule has 4 rings (SSSR count). The second-order valence-corrected chi connectivity index (χ2v) is 8.18. The van der Waals surface area contributed by atoms with Gasteiger partial charge >= 0.3 is 0 Å². The number of allylic oxidation sites excluding steroid dienone is 1. The summed E-state index contributed by atoms with van der Waals surface area (Å²) >= 11 is 0. The maximum atomic E-state index is 13.8. The number of aryl methyl sites for hydroxylation is 1. The zero-order valence-electron chi connectivity index (χ0n) is 18.4. The van der Waals surface area contributed by atoms with Crippen molar-refractivity contribution in [1.29, 1.82) is 0 Å². The van der Waals surface area contributed by atoms with E-state index in [2.05, 4.69) is 15.2 Å². The summed E-state index contributed by atoms with van der Waals surface area (Å²) in [6.07, 6.45) is 3.88. The number of nitrogens with zero attached hydrogens (tertiary/aromatic N) is 2. The van der Waals surface area contributed by atoms with Gasteiger partial charge in [0.2, 0.25) is 5.78 Å². The molecule has 0 bridgehead atoms. The second kappa shape index (κ2) is 9.27. The summed E-state index contributed by atoms with van der Waals surface area (Å²) in [4.78, 5) is 21.2. The number of rotatable bonds is 7. The summed E-state index contributed by atoms with van der Waals surface area (Å²) in [6.45, 7) is 5.79. The number of ether oxygens (including phenoxy) is 1. The predicted molar refractivity (Wildman–Crippen MR) is 124 cm³/mol. The van der Waals surface area contributed by atoms with E-state index in [9.17, 15) is 4.79 Å². The highest BCUT2D eigenvalue weighted by atomic mass is 16.5. The third kappa shape index (κ3) is 4.75. The Hall–Kier alpha value is -3.25. The van der Waals surface area contributed by atoms with Crippen LogP contribution in [0.4, 0.5) is 0 Å². The lowest BCUT2D eigenvalue weighted by Gasteiger charge is -2.31. The molecule has 6 heteroatoms. The molecule has 6 nitrogen and oxygen atoms in total. The molecule has 1 aliphatic rings. The second-order valence-electron chi connectivity index (χ2n) is 8.18. The van der Waals surface area contributed by atoms with Crippen molar-refractivity contribution in [3.63, 3.8) is 0 Å². The van der Waals surface area contributed by atoms with E-state index in [0.717, 1.165) is 48.2 Å². The maximum Gasteiger partial charge on any atom is 0.214 e. The average molecular weight is 419 g/mol. The van der Waals surface area contributed by atoms with E-state index in [0.29, 0.717) is 23.6 Å². The fourth-order valence-corrected chi connectivity index (χ4v) is 3.89. The molecule has 1 aliphatic heterocycles. The lowest BCUT2D eigenvalue weighted by molar-refractivity contribution is 0.0978. The molecule has 1 saturated heterocycles. The number of H-pyrrole nitrogens is 1. The highest BCUT2D eigenvalue weighted by Crippen LogP contribution is 2.31. The van der Waals surface area contributed by atoms with Gasteiger partial charge in [0.05, 0.1) is 5.56 Å². The highest BCUT2D eigenvalue weighted by molar-refractivity contribution is 6.12. The number of ketones is 1. The van der Waals surface area contributed by atoms with Crippen LogP contribution >= 0.6 is 0 Å². The molecule has 1 aromatic heterocycles. The molecule has 0 aliphatic carbocycles. The van der Waals surface area contributed by atoms with Crippen LogP contribution in [-0.2, 0) is 6.61 Å². The van der Waals surface area contributed by atoms with Gasteiger partial charge in [-0.3, -0.25) is 4.79 Å². The Balaban J connectivity index is 1.73. The lowest BCUT2D eigenvalue weighted by Crippen LogP contribution is -2.44. The van der Waals surface area contributed by atoms with Crippen molar-refractivity contribution in [3.05, 3.63) is 77.2 Å². The van der Waals surface area contributed by atoms with Gasteiger partial charge in [-0.1, -0.05) is 30.3 Å². The van der Waals surface area contributed by atoms with Gasteiger partial charge in [0, 0.05) is 69.6 Å². The third-order valence-electron chi connectivity index (χ3n) is 5.54. The van der Waals surface area contributed by atoms with E-state index in [-0.39, 0.29) is 5.78 Å². The van der Waals surface area contributed by atoms with Crippen LogP contribution < -0.4 is 10.1 Å². The number of aromatic nitrogens is 1. The molecular weight excluding hydrogens is 388 g/mol. The van der Waals surface area contributed by atoms with Crippen LogP contribution in [0.3, 0.4) is 0 Å². The quantitative estimate of drug-likeness (QED) is 0.454. The van der Waals surface area contributed by atoms with E-state index in [1.54, 1.807) is 0 Å². The van der Waals surface area contributed by atoms with Crippen LogP contribution in [-0.4, -0.2) is 60.8 Å². The molecule has 162 valence electrons.